The smallest absolute Gasteiger partial charge is 0.227 e. The molecule has 110 valence electrons. The molecule has 20 heavy (non-hydrogen) atoms. The number of rotatable bonds is 4. The lowest BCUT2D eigenvalue weighted by Crippen LogP contribution is -2.48. The van der Waals surface area contributed by atoms with Gasteiger partial charge in [0.2, 0.25) is 11.9 Å². The highest BCUT2D eigenvalue weighted by molar-refractivity contribution is 5.73. The Balaban J connectivity index is 2.07. The second-order valence-corrected chi connectivity index (χ2v) is 4.88. The summed E-state index contributed by atoms with van der Waals surface area (Å²) in [5, 5.41) is 0. The third-order valence-electron chi connectivity index (χ3n) is 3.72. The molecular weight excluding hydrogens is 254 g/mol. The number of piperazine rings is 1. The molecule has 1 aliphatic heterocycles. The van der Waals surface area contributed by atoms with Gasteiger partial charge in [0.25, 0.3) is 0 Å². The van der Waals surface area contributed by atoms with Gasteiger partial charge in [0.15, 0.2) is 0 Å². The van der Waals surface area contributed by atoms with Gasteiger partial charge in [-0.3, -0.25) is 4.79 Å². The highest BCUT2D eigenvalue weighted by Crippen LogP contribution is 2.16. The number of carbonyl (C=O) groups is 1. The van der Waals surface area contributed by atoms with Gasteiger partial charge in [0.05, 0.1) is 0 Å². The summed E-state index contributed by atoms with van der Waals surface area (Å²) in [6, 6.07) is 1.94. The van der Waals surface area contributed by atoms with Crippen LogP contribution in [-0.4, -0.2) is 60.0 Å². The summed E-state index contributed by atoms with van der Waals surface area (Å²) in [6.45, 7) is 10.8. The van der Waals surface area contributed by atoms with E-state index in [9.17, 15) is 4.79 Å². The minimum absolute atomic E-state index is 0.149. The van der Waals surface area contributed by atoms with E-state index >= 15 is 0 Å². The van der Waals surface area contributed by atoms with E-state index < -0.39 is 0 Å². The molecule has 0 unspecified atom stereocenters. The quantitative estimate of drug-likeness (QED) is 0.821. The first kappa shape index (κ1) is 14.6. The molecule has 0 atom stereocenters. The van der Waals surface area contributed by atoms with Crippen molar-refractivity contribution in [1.29, 1.82) is 0 Å². The number of hydrogen-bond donors (Lipinski definition) is 0. The van der Waals surface area contributed by atoms with E-state index in [0.717, 1.165) is 51.0 Å². The zero-order valence-electron chi connectivity index (χ0n) is 12.5. The molecule has 0 radical (unpaired) electrons. The summed E-state index contributed by atoms with van der Waals surface area (Å²) in [6.07, 6.45) is 1.81. The zero-order chi connectivity index (χ0) is 14.5. The predicted molar refractivity (Wildman–Crippen MR) is 80.1 cm³/mol. The molecule has 0 aromatic carbocycles. The highest BCUT2D eigenvalue weighted by Gasteiger charge is 2.20. The first-order valence-corrected chi connectivity index (χ1v) is 7.24. The van der Waals surface area contributed by atoms with Crippen LogP contribution >= 0.6 is 0 Å². The molecule has 0 aliphatic carbocycles. The first-order chi connectivity index (χ1) is 9.65. The third kappa shape index (κ3) is 3.18. The van der Waals surface area contributed by atoms with Gasteiger partial charge in [-0.05, 0) is 19.9 Å². The standard InChI is InChI=1S/C14H23N5O/c1-4-17(5-2)14-15-7-6-13(16-14)19-10-8-18(9-11-19)12(3)20/h6-7H,4-5,8-11H2,1-3H3. The zero-order valence-corrected chi connectivity index (χ0v) is 12.5. The lowest BCUT2D eigenvalue weighted by molar-refractivity contribution is -0.129. The lowest BCUT2D eigenvalue weighted by Gasteiger charge is -2.35. The van der Waals surface area contributed by atoms with Crippen LogP contribution in [0.5, 0.6) is 0 Å². The average molecular weight is 277 g/mol. The molecule has 1 aromatic heterocycles. The summed E-state index contributed by atoms with van der Waals surface area (Å²) < 4.78 is 0. The maximum atomic E-state index is 11.3. The van der Waals surface area contributed by atoms with Gasteiger partial charge in [-0.25, -0.2) is 4.98 Å². The van der Waals surface area contributed by atoms with Crippen molar-refractivity contribution in [2.45, 2.75) is 20.8 Å². The van der Waals surface area contributed by atoms with E-state index in [1.807, 2.05) is 17.2 Å². The van der Waals surface area contributed by atoms with Crippen molar-refractivity contribution in [3.8, 4) is 0 Å². The van der Waals surface area contributed by atoms with Gasteiger partial charge in [0.1, 0.15) is 5.82 Å². The molecule has 1 fully saturated rings. The van der Waals surface area contributed by atoms with Crippen LogP contribution in [0, 0.1) is 0 Å². The van der Waals surface area contributed by atoms with Gasteiger partial charge >= 0.3 is 0 Å². The molecule has 1 amide bonds. The van der Waals surface area contributed by atoms with E-state index in [2.05, 4.69) is 33.6 Å². The van der Waals surface area contributed by atoms with E-state index in [1.54, 1.807) is 6.92 Å². The van der Waals surface area contributed by atoms with Crippen LogP contribution in [0.2, 0.25) is 0 Å². The van der Waals surface area contributed by atoms with E-state index in [4.69, 9.17) is 0 Å². The van der Waals surface area contributed by atoms with Crippen molar-refractivity contribution in [3.63, 3.8) is 0 Å². The molecule has 0 spiro atoms. The van der Waals surface area contributed by atoms with Crippen molar-refractivity contribution >= 4 is 17.7 Å². The molecule has 6 heteroatoms. The van der Waals surface area contributed by atoms with Crippen LogP contribution in [0.1, 0.15) is 20.8 Å². The van der Waals surface area contributed by atoms with Crippen LogP contribution in [0.15, 0.2) is 12.3 Å². The third-order valence-corrected chi connectivity index (χ3v) is 3.72. The van der Waals surface area contributed by atoms with Gasteiger partial charge in [-0.2, -0.15) is 4.98 Å². The van der Waals surface area contributed by atoms with Crippen molar-refractivity contribution in [2.24, 2.45) is 0 Å². The Morgan fingerprint density at radius 1 is 1.25 bits per heavy atom. The summed E-state index contributed by atoms with van der Waals surface area (Å²) in [7, 11) is 0. The predicted octanol–water partition coefficient (Wildman–Crippen LogP) is 0.991. The van der Waals surface area contributed by atoms with Crippen LogP contribution < -0.4 is 9.80 Å². The second kappa shape index (κ2) is 6.54. The summed E-state index contributed by atoms with van der Waals surface area (Å²) in [4.78, 5) is 26.6. The Morgan fingerprint density at radius 2 is 1.90 bits per heavy atom. The molecule has 0 bridgehead atoms. The molecule has 2 heterocycles. The van der Waals surface area contributed by atoms with Crippen LogP contribution in [-0.2, 0) is 4.79 Å². The van der Waals surface area contributed by atoms with E-state index in [0.29, 0.717) is 0 Å². The van der Waals surface area contributed by atoms with Gasteiger partial charge in [-0.15, -0.1) is 0 Å². The van der Waals surface area contributed by atoms with E-state index in [-0.39, 0.29) is 5.91 Å². The maximum absolute atomic E-state index is 11.3. The summed E-state index contributed by atoms with van der Waals surface area (Å²) in [5.41, 5.74) is 0. The molecule has 6 nitrogen and oxygen atoms in total. The number of hydrogen-bond acceptors (Lipinski definition) is 5. The number of anilines is 2. The van der Waals surface area contributed by atoms with Crippen LogP contribution in [0.25, 0.3) is 0 Å². The van der Waals surface area contributed by atoms with Gasteiger partial charge in [0, 0.05) is 52.4 Å². The summed E-state index contributed by atoms with van der Waals surface area (Å²) in [5.74, 6) is 1.88. The minimum atomic E-state index is 0.149. The highest BCUT2D eigenvalue weighted by atomic mass is 16.2. The second-order valence-electron chi connectivity index (χ2n) is 4.88. The average Bonchev–Trinajstić information content (AvgIpc) is 2.49. The Hall–Kier alpha value is -1.85. The largest absolute Gasteiger partial charge is 0.353 e. The molecule has 2 rings (SSSR count). The molecule has 0 N–H and O–H groups in total. The first-order valence-electron chi connectivity index (χ1n) is 7.24. The number of carbonyl (C=O) groups excluding carboxylic acids is 1. The van der Waals surface area contributed by atoms with Gasteiger partial charge < -0.3 is 14.7 Å². The lowest BCUT2D eigenvalue weighted by atomic mass is 10.3. The van der Waals surface area contributed by atoms with Crippen LogP contribution in [0.4, 0.5) is 11.8 Å². The number of nitrogens with zero attached hydrogens (tertiary/aromatic N) is 5. The van der Waals surface area contributed by atoms with E-state index in [1.165, 1.54) is 0 Å². The fourth-order valence-corrected chi connectivity index (χ4v) is 2.42. The Morgan fingerprint density at radius 3 is 2.45 bits per heavy atom. The van der Waals surface area contributed by atoms with Crippen LogP contribution in [0.3, 0.4) is 0 Å². The van der Waals surface area contributed by atoms with Gasteiger partial charge in [-0.1, -0.05) is 0 Å². The topological polar surface area (TPSA) is 52.6 Å². The van der Waals surface area contributed by atoms with Crippen molar-refractivity contribution < 1.29 is 4.79 Å². The Bertz CT molecular complexity index is 453. The Kier molecular flexibility index (Phi) is 4.76. The maximum Gasteiger partial charge on any atom is 0.227 e. The molecule has 1 aliphatic rings. The summed E-state index contributed by atoms with van der Waals surface area (Å²) >= 11 is 0. The molecular formula is C14H23N5O. The number of aromatic nitrogens is 2. The fourth-order valence-electron chi connectivity index (χ4n) is 2.42. The molecule has 0 saturated carbocycles. The SMILES string of the molecule is CCN(CC)c1nccc(N2CCN(C(C)=O)CC2)n1. The molecule has 1 aromatic rings. The fraction of sp³-hybridized carbons (Fsp3) is 0.643. The van der Waals surface area contributed by atoms with Crippen molar-refractivity contribution in [3.05, 3.63) is 12.3 Å². The monoisotopic (exact) mass is 277 g/mol. The molecule has 1 saturated heterocycles. The van der Waals surface area contributed by atoms with Crippen molar-refractivity contribution in [2.75, 3.05) is 49.1 Å². The minimum Gasteiger partial charge on any atom is -0.353 e. The van der Waals surface area contributed by atoms with Crippen molar-refractivity contribution in [1.82, 2.24) is 14.9 Å². The Labute approximate surface area is 120 Å². The number of amides is 1. The normalized spacial score (nSPS) is 15.3.